The van der Waals surface area contributed by atoms with Crippen LogP contribution in [0.3, 0.4) is 0 Å². The molecule has 78 heavy (non-hydrogen) atoms. The summed E-state index contributed by atoms with van der Waals surface area (Å²) in [6, 6.07) is 0. The van der Waals surface area contributed by atoms with Crippen LogP contribution in [0.4, 0.5) is 0 Å². The van der Waals surface area contributed by atoms with E-state index in [0.29, 0.717) is 12.8 Å². The molecule has 0 aliphatic heterocycles. The fourth-order valence-electron chi connectivity index (χ4n) is 8.60. The lowest BCUT2D eigenvalue weighted by atomic mass is 10.0. The number of esters is 2. The number of ether oxygens (including phenoxy) is 2. The quantitative estimate of drug-likeness (QED) is 0.0373. The highest BCUT2D eigenvalue weighted by Gasteiger charge is 2.16. The number of carbonyl (C=O) groups is 2. The van der Waals surface area contributed by atoms with Gasteiger partial charge in [-0.2, -0.15) is 0 Å². The van der Waals surface area contributed by atoms with Crippen LogP contribution in [0.15, 0.2) is 158 Å². The van der Waals surface area contributed by atoms with Crippen molar-refractivity contribution in [3.05, 3.63) is 158 Å². The van der Waals surface area contributed by atoms with Gasteiger partial charge in [-0.25, -0.2) is 0 Å². The first-order chi connectivity index (χ1) is 38.6. The molecular weight excluding hydrogens is 957 g/mol. The SMILES string of the molecule is CC/C=C\C/C=C\C/C=C\C/C=C\C/C=C\C/C=C\C/C=C\CCCCCCCCCCCCCC(=O)OC(CO)COC(=O)CCCCCCCCCCCCCC/C=C\C/C=C\C/C=C\C/C=C\C/C=C\C/C=C\CC. The molecule has 0 bridgehead atoms. The van der Waals surface area contributed by atoms with Gasteiger partial charge in [0.05, 0.1) is 6.61 Å². The lowest BCUT2D eigenvalue weighted by Crippen LogP contribution is -2.28. The molecule has 1 N–H and O–H groups in total. The highest BCUT2D eigenvalue weighted by atomic mass is 16.6. The van der Waals surface area contributed by atoms with E-state index in [0.717, 1.165) is 122 Å². The minimum atomic E-state index is -0.787. The van der Waals surface area contributed by atoms with E-state index in [1.165, 1.54) is 122 Å². The molecule has 0 aromatic heterocycles. The second-order valence-electron chi connectivity index (χ2n) is 20.7. The average molecular weight is 1080 g/mol. The maximum atomic E-state index is 12.4. The first-order valence-electron chi connectivity index (χ1n) is 32.0. The zero-order valence-corrected chi connectivity index (χ0v) is 50.4. The predicted octanol–water partition coefficient (Wildman–Crippen LogP) is 22.3. The number of rotatable bonds is 57. The highest BCUT2D eigenvalue weighted by Crippen LogP contribution is 2.16. The maximum absolute atomic E-state index is 12.4. The summed E-state index contributed by atoms with van der Waals surface area (Å²) in [7, 11) is 0. The van der Waals surface area contributed by atoms with Crippen LogP contribution < -0.4 is 0 Å². The number of hydrogen-bond donors (Lipinski definition) is 1. The molecule has 0 amide bonds. The van der Waals surface area contributed by atoms with Crippen molar-refractivity contribution in [2.75, 3.05) is 13.2 Å². The maximum Gasteiger partial charge on any atom is 0.306 e. The van der Waals surface area contributed by atoms with Crippen LogP contribution in [0, 0.1) is 0 Å². The van der Waals surface area contributed by atoms with Gasteiger partial charge in [0.2, 0.25) is 0 Å². The van der Waals surface area contributed by atoms with Gasteiger partial charge in [-0.15, -0.1) is 0 Å². The molecule has 5 heteroatoms. The monoisotopic (exact) mass is 1070 g/mol. The van der Waals surface area contributed by atoms with E-state index in [9.17, 15) is 14.7 Å². The van der Waals surface area contributed by atoms with Crippen LogP contribution in [0.5, 0.6) is 0 Å². The molecule has 1 unspecified atom stereocenters. The Morgan fingerprint density at radius 1 is 0.295 bits per heavy atom. The minimum Gasteiger partial charge on any atom is -0.462 e. The Labute approximate surface area is 481 Å². The molecule has 5 nitrogen and oxygen atoms in total. The molecule has 440 valence electrons. The summed E-state index contributed by atoms with van der Waals surface area (Å²) in [6.45, 7) is 3.91. The van der Waals surface area contributed by atoms with E-state index in [1.807, 2.05) is 0 Å². The number of carbonyl (C=O) groups excluding carboxylic acids is 2. The van der Waals surface area contributed by atoms with Gasteiger partial charge in [0.1, 0.15) is 6.61 Å². The third kappa shape index (κ3) is 64.0. The van der Waals surface area contributed by atoms with Gasteiger partial charge in [0.25, 0.3) is 0 Å². The molecule has 0 spiro atoms. The van der Waals surface area contributed by atoms with E-state index in [4.69, 9.17) is 9.47 Å². The van der Waals surface area contributed by atoms with Gasteiger partial charge in [-0.05, 0) is 122 Å². The zero-order chi connectivity index (χ0) is 56.2. The summed E-state index contributed by atoms with van der Waals surface area (Å²) >= 11 is 0. The molecule has 0 saturated heterocycles. The van der Waals surface area contributed by atoms with Crippen molar-refractivity contribution in [1.29, 1.82) is 0 Å². The first kappa shape index (κ1) is 73.5. The molecule has 0 radical (unpaired) electrons. The number of unbranched alkanes of at least 4 members (excludes halogenated alkanes) is 23. The Morgan fingerprint density at radius 3 is 0.769 bits per heavy atom. The van der Waals surface area contributed by atoms with Crippen molar-refractivity contribution in [2.45, 2.75) is 277 Å². The molecular formula is C73H118O5. The number of aliphatic hydroxyl groups excluding tert-OH is 1. The zero-order valence-electron chi connectivity index (χ0n) is 50.4. The van der Waals surface area contributed by atoms with Gasteiger partial charge in [0, 0.05) is 12.8 Å². The van der Waals surface area contributed by atoms with Crippen molar-refractivity contribution in [3.63, 3.8) is 0 Å². The van der Waals surface area contributed by atoms with E-state index in [1.54, 1.807) is 0 Å². The first-order valence-corrected chi connectivity index (χ1v) is 32.0. The van der Waals surface area contributed by atoms with E-state index in [-0.39, 0.29) is 25.2 Å². The summed E-state index contributed by atoms with van der Waals surface area (Å²) in [5, 5.41) is 9.69. The van der Waals surface area contributed by atoms with E-state index in [2.05, 4.69) is 172 Å². The van der Waals surface area contributed by atoms with Crippen LogP contribution in [0.2, 0.25) is 0 Å². The minimum absolute atomic E-state index is 0.0761. The summed E-state index contributed by atoms with van der Waals surface area (Å²) < 4.78 is 10.7. The van der Waals surface area contributed by atoms with E-state index < -0.39 is 6.10 Å². The smallest absolute Gasteiger partial charge is 0.306 e. The largest absolute Gasteiger partial charge is 0.462 e. The van der Waals surface area contributed by atoms with Gasteiger partial charge >= 0.3 is 11.9 Å². The van der Waals surface area contributed by atoms with Crippen molar-refractivity contribution in [1.82, 2.24) is 0 Å². The van der Waals surface area contributed by atoms with Crippen molar-refractivity contribution < 1.29 is 24.2 Å². The van der Waals surface area contributed by atoms with Crippen LogP contribution >= 0.6 is 0 Å². The van der Waals surface area contributed by atoms with Crippen LogP contribution in [-0.4, -0.2) is 36.4 Å². The predicted molar refractivity (Wildman–Crippen MR) is 343 cm³/mol. The number of allylic oxidation sites excluding steroid dienone is 26. The van der Waals surface area contributed by atoms with Crippen LogP contribution in [-0.2, 0) is 19.1 Å². The fourth-order valence-corrected chi connectivity index (χ4v) is 8.60. The van der Waals surface area contributed by atoms with Crippen molar-refractivity contribution in [2.24, 2.45) is 0 Å². The van der Waals surface area contributed by atoms with Crippen molar-refractivity contribution in [3.8, 4) is 0 Å². The Hall–Kier alpha value is -4.48. The summed E-state index contributed by atoms with van der Waals surface area (Å²) in [5.74, 6) is -0.600. The normalized spacial score (nSPS) is 13.3. The molecule has 0 saturated carbocycles. The molecule has 0 heterocycles. The Bertz CT molecular complexity index is 1690. The third-order valence-corrected chi connectivity index (χ3v) is 13.3. The lowest BCUT2D eigenvalue weighted by molar-refractivity contribution is -0.161. The molecule has 0 rings (SSSR count). The third-order valence-electron chi connectivity index (χ3n) is 13.3. The molecule has 0 fully saturated rings. The second-order valence-corrected chi connectivity index (χ2v) is 20.7. The fraction of sp³-hybridized carbons (Fsp3) is 0.616. The standard InChI is InChI=1S/C73H118O5/c1-3-5-7-9-11-13-15-17-19-21-23-25-27-29-31-33-35-36-38-40-42-44-46-48-50-52-54-56-58-60-62-64-66-68-73(76)78-71(69-74)70-77-72(75)67-65-63-61-59-57-55-53-51-49-47-45-43-41-39-37-34-32-30-28-26-24-22-20-18-16-14-12-10-8-6-4-2/h5-8,11-14,17-20,23-26,29-32,35-37,39-40,42,71,74H,3-4,9-10,15-16,21-22,27-28,33-34,38,41,43-70H2,1-2H3/b7-5-,8-6-,13-11-,14-12-,19-17-,20-18-,25-23-,26-24-,31-29-,32-30-,36-35-,39-37-,42-40-. The van der Waals surface area contributed by atoms with E-state index >= 15 is 0 Å². The highest BCUT2D eigenvalue weighted by molar-refractivity contribution is 5.70. The molecule has 0 aliphatic rings. The van der Waals surface area contributed by atoms with Gasteiger partial charge in [-0.1, -0.05) is 294 Å². The molecule has 0 aromatic rings. The number of hydrogen-bond acceptors (Lipinski definition) is 5. The Morgan fingerprint density at radius 2 is 0.513 bits per heavy atom. The Kier molecular flexibility index (Phi) is 63.0. The van der Waals surface area contributed by atoms with Gasteiger partial charge < -0.3 is 14.6 Å². The molecule has 0 aliphatic carbocycles. The molecule has 1 atom stereocenters. The molecule has 0 aromatic carbocycles. The number of aliphatic hydroxyl groups is 1. The van der Waals surface area contributed by atoms with Gasteiger partial charge in [-0.3, -0.25) is 9.59 Å². The topological polar surface area (TPSA) is 72.8 Å². The lowest BCUT2D eigenvalue weighted by Gasteiger charge is -2.15. The summed E-state index contributed by atoms with van der Waals surface area (Å²) in [5.41, 5.74) is 0. The Balaban J connectivity index is 3.55. The van der Waals surface area contributed by atoms with Crippen LogP contribution in [0.25, 0.3) is 0 Å². The summed E-state index contributed by atoms with van der Waals surface area (Å²) in [4.78, 5) is 24.6. The summed E-state index contributed by atoms with van der Waals surface area (Å²) in [6.07, 6.45) is 102. The average Bonchev–Trinajstić information content (AvgIpc) is 3.44. The second kappa shape index (κ2) is 66.8. The van der Waals surface area contributed by atoms with Crippen LogP contribution in [0.1, 0.15) is 271 Å². The van der Waals surface area contributed by atoms with Crippen molar-refractivity contribution >= 4 is 11.9 Å². The van der Waals surface area contributed by atoms with Gasteiger partial charge in [0.15, 0.2) is 6.10 Å².